The summed E-state index contributed by atoms with van der Waals surface area (Å²) in [6.07, 6.45) is 11.3. The molecule has 0 saturated heterocycles. The van der Waals surface area contributed by atoms with Gasteiger partial charge in [-0.2, -0.15) is 0 Å². The summed E-state index contributed by atoms with van der Waals surface area (Å²) in [5, 5.41) is 0. The fourth-order valence-electron chi connectivity index (χ4n) is 3.19. The highest BCUT2D eigenvalue weighted by molar-refractivity contribution is 5.78. The second kappa shape index (κ2) is 12.1. The van der Waals surface area contributed by atoms with Crippen LogP contribution < -0.4 is 15.2 Å². The van der Waals surface area contributed by atoms with Crippen LogP contribution >= 0.6 is 0 Å². The van der Waals surface area contributed by atoms with E-state index in [1.165, 1.54) is 16.8 Å². The van der Waals surface area contributed by atoms with Crippen LogP contribution in [-0.2, 0) is 11.3 Å². The van der Waals surface area contributed by atoms with E-state index >= 15 is 0 Å². The largest absolute Gasteiger partial charge is 0.372 e. The molecule has 0 amide bonds. The Morgan fingerprint density at radius 1 is 0.929 bits per heavy atom. The second-order valence-corrected chi connectivity index (χ2v) is 7.00. The Morgan fingerprint density at radius 3 is 2.07 bits per heavy atom. The Bertz CT molecular complexity index is 731. The first kappa shape index (κ1) is 21.8. The zero-order chi connectivity index (χ0) is 20.2. The maximum Gasteiger partial charge on any atom is 0.169 e. The summed E-state index contributed by atoms with van der Waals surface area (Å²) in [6.45, 7) is 7.87. The van der Waals surface area contributed by atoms with Gasteiger partial charge in [0.05, 0.1) is 0 Å². The molecule has 0 atom stereocenters. The molecule has 0 aliphatic rings. The lowest BCUT2D eigenvalue weighted by molar-refractivity contribution is -0.697. The van der Waals surface area contributed by atoms with Gasteiger partial charge in [-0.1, -0.05) is 24.3 Å². The third-order valence-corrected chi connectivity index (χ3v) is 4.94. The number of carbonyl (C=O) groups excluding carboxylic acids is 1. The average Bonchev–Trinajstić information content (AvgIpc) is 2.73. The molecule has 1 aromatic carbocycles. The molecule has 1 heterocycles. The maximum atomic E-state index is 11.7. The molecular formula is C24H34N3O+. The molecule has 0 spiro atoms. The van der Waals surface area contributed by atoms with Gasteiger partial charge in [0.15, 0.2) is 12.4 Å². The van der Waals surface area contributed by atoms with Crippen molar-refractivity contribution in [1.82, 2.24) is 0 Å². The minimum atomic E-state index is 0.317. The predicted octanol–water partition coefficient (Wildman–Crippen LogP) is 4.08. The molecule has 0 radical (unpaired) electrons. The summed E-state index contributed by atoms with van der Waals surface area (Å²) in [4.78, 5) is 14.0. The van der Waals surface area contributed by atoms with Crippen molar-refractivity contribution >= 4 is 23.6 Å². The molecule has 150 valence electrons. The van der Waals surface area contributed by atoms with Crippen LogP contribution in [0.4, 0.5) is 5.69 Å². The number of pyridine rings is 1. The molecule has 0 aliphatic carbocycles. The van der Waals surface area contributed by atoms with Crippen molar-refractivity contribution in [2.24, 2.45) is 5.73 Å². The summed E-state index contributed by atoms with van der Waals surface area (Å²) in [7, 11) is 0. The number of carbonyl (C=O) groups is 1. The van der Waals surface area contributed by atoms with Gasteiger partial charge in [0.2, 0.25) is 0 Å². The Balaban J connectivity index is 1.84. The van der Waals surface area contributed by atoms with Crippen molar-refractivity contribution in [2.45, 2.75) is 46.1 Å². The Labute approximate surface area is 169 Å². The quantitative estimate of drug-likeness (QED) is 0.565. The predicted molar refractivity (Wildman–Crippen MR) is 118 cm³/mol. The first-order valence-electron chi connectivity index (χ1n) is 10.4. The zero-order valence-electron chi connectivity index (χ0n) is 17.3. The summed E-state index contributed by atoms with van der Waals surface area (Å²) < 4.78 is 2.13. The number of nitrogens with zero attached hydrogens (tertiary/aromatic N) is 2. The highest BCUT2D eigenvalue weighted by atomic mass is 16.1. The minimum Gasteiger partial charge on any atom is -0.372 e. The molecule has 28 heavy (non-hydrogen) atoms. The number of benzene rings is 1. The van der Waals surface area contributed by atoms with Crippen molar-refractivity contribution in [2.75, 3.05) is 24.5 Å². The molecule has 0 bridgehead atoms. The summed E-state index contributed by atoms with van der Waals surface area (Å²) in [5.74, 6) is 0.317. The van der Waals surface area contributed by atoms with Crippen LogP contribution in [0.25, 0.3) is 12.2 Å². The summed E-state index contributed by atoms with van der Waals surface area (Å²) in [5.41, 5.74) is 9.07. The molecule has 2 N–H and O–H groups in total. The number of aromatic nitrogens is 1. The van der Waals surface area contributed by atoms with E-state index in [-0.39, 0.29) is 0 Å². The van der Waals surface area contributed by atoms with Crippen LogP contribution in [-0.4, -0.2) is 25.4 Å². The number of aryl methyl sites for hydroxylation is 1. The standard InChI is InChI=1S/C24H34N3O/c1-3-27(4-2)23-13-11-21(12-14-23)9-10-22-15-19-26(20-16-22)18-6-8-24(28)7-5-17-25/h9-16,19-20H,3-8,17-18,25H2,1-2H3/q+1. The van der Waals surface area contributed by atoms with E-state index < -0.39 is 0 Å². The number of rotatable bonds is 12. The fourth-order valence-corrected chi connectivity index (χ4v) is 3.19. The molecule has 2 rings (SSSR count). The normalized spacial score (nSPS) is 11.1. The molecule has 2 aromatic rings. The van der Waals surface area contributed by atoms with Crippen LogP contribution in [0, 0.1) is 0 Å². The summed E-state index contributed by atoms with van der Waals surface area (Å²) >= 11 is 0. The highest BCUT2D eigenvalue weighted by Crippen LogP contribution is 2.16. The number of anilines is 1. The lowest BCUT2D eigenvalue weighted by atomic mass is 10.1. The first-order valence-corrected chi connectivity index (χ1v) is 10.4. The van der Waals surface area contributed by atoms with Gasteiger partial charge in [0.25, 0.3) is 0 Å². The van der Waals surface area contributed by atoms with E-state index in [0.29, 0.717) is 25.2 Å². The monoisotopic (exact) mass is 380 g/mol. The number of nitrogens with two attached hydrogens (primary N) is 1. The number of Topliss-reactive ketones (excluding diaryl/α,β-unsaturated/α-hetero) is 1. The van der Waals surface area contributed by atoms with E-state index in [1.54, 1.807) is 0 Å². The third kappa shape index (κ3) is 7.28. The van der Waals surface area contributed by atoms with Gasteiger partial charge in [-0.15, -0.1) is 0 Å². The van der Waals surface area contributed by atoms with Gasteiger partial charge in [0, 0.05) is 50.2 Å². The lowest BCUT2D eigenvalue weighted by Crippen LogP contribution is -2.32. The van der Waals surface area contributed by atoms with Gasteiger partial charge in [-0.3, -0.25) is 4.79 Å². The average molecular weight is 381 g/mol. The number of hydrogen-bond acceptors (Lipinski definition) is 3. The van der Waals surface area contributed by atoms with Gasteiger partial charge in [0.1, 0.15) is 12.3 Å². The maximum absolute atomic E-state index is 11.7. The first-order chi connectivity index (χ1) is 13.7. The van der Waals surface area contributed by atoms with Gasteiger partial charge >= 0.3 is 0 Å². The van der Waals surface area contributed by atoms with Crippen LogP contribution in [0.5, 0.6) is 0 Å². The Kier molecular flexibility index (Phi) is 9.43. The minimum absolute atomic E-state index is 0.317. The van der Waals surface area contributed by atoms with Gasteiger partial charge < -0.3 is 10.6 Å². The smallest absolute Gasteiger partial charge is 0.169 e. The van der Waals surface area contributed by atoms with Crippen molar-refractivity contribution in [1.29, 1.82) is 0 Å². The molecule has 0 saturated carbocycles. The fraction of sp³-hybridized carbons (Fsp3) is 0.417. The molecule has 1 aromatic heterocycles. The molecule has 0 fully saturated rings. The third-order valence-electron chi connectivity index (χ3n) is 4.94. The van der Waals surface area contributed by atoms with E-state index in [4.69, 9.17) is 5.73 Å². The number of ketones is 1. The van der Waals surface area contributed by atoms with Crippen LogP contribution in [0.3, 0.4) is 0 Å². The summed E-state index contributed by atoms with van der Waals surface area (Å²) in [6, 6.07) is 12.9. The highest BCUT2D eigenvalue weighted by Gasteiger charge is 2.05. The van der Waals surface area contributed by atoms with E-state index in [9.17, 15) is 4.79 Å². The topological polar surface area (TPSA) is 50.2 Å². The number of hydrogen-bond donors (Lipinski definition) is 1. The SMILES string of the molecule is CCN(CC)c1ccc(C=Cc2cc[n+](CCCC(=O)CCCN)cc2)cc1. The van der Waals surface area contributed by atoms with Crippen molar-refractivity contribution in [3.05, 3.63) is 59.9 Å². The Hall–Kier alpha value is -2.46. The van der Waals surface area contributed by atoms with E-state index in [2.05, 4.69) is 84.3 Å². The lowest BCUT2D eigenvalue weighted by Gasteiger charge is -2.20. The van der Waals surface area contributed by atoms with Crippen molar-refractivity contribution in [3.8, 4) is 0 Å². The Morgan fingerprint density at radius 2 is 1.50 bits per heavy atom. The van der Waals surface area contributed by atoms with Crippen molar-refractivity contribution < 1.29 is 9.36 Å². The van der Waals surface area contributed by atoms with Gasteiger partial charge in [-0.25, -0.2) is 4.57 Å². The second-order valence-electron chi connectivity index (χ2n) is 7.00. The van der Waals surface area contributed by atoms with Crippen molar-refractivity contribution in [3.63, 3.8) is 0 Å². The van der Waals surface area contributed by atoms with Crippen LogP contribution in [0.1, 0.15) is 50.7 Å². The molecular weight excluding hydrogens is 346 g/mol. The molecule has 0 unspecified atom stereocenters. The van der Waals surface area contributed by atoms with Crippen LogP contribution in [0.15, 0.2) is 48.8 Å². The van der Waals surface area contributed by atoms with E-state index in [0.717, 1.165) is 32.5 Å². The molecule has 4 nitrogen and oxygen atoms in total. The molecule has 4 heteroatoms. The van der Waals surface area contributed by atoms with Gasteiger partial charge in [-0.05, 0) is 50.1 Å². The zero-order valence-corrected chi connectivity index (χ0v) is 17.3. The van der Waals surface area contributed by atoms with Crippen LogP contribution in [0.2, 0.25) is 0 Å². The van der Waals surface area contributed by atoms with E-state index in [1.807, 2.05) is 0 Å². The molecule has 0 aliphatic heterocycles.